The van der Waals surface area contributed by atoms with Gasteiger partial charge >= 0.3 is 0 Å². The first kappa shape index (κ1) is 18.4. The Morgan fingerprint density at radius 2 is 1.81 bits per heavy atom. The number of ether oxygens (including phenoxy) is 1. The summed E-state index contributed by atoms with van der Waals surface area (Å²) in [6.07, 6.45) is 0.449. The van der Waals surface area contributed by atoms with Crippen LogP contribution in [0.25, 0.3) is 0 Å². The van der Waals surface area contributed by atoms with E-state index in [0.29, 0.717) is 31.8 Å². The lowest BCUT2D eigenvalue weighted by Gasteiger charge is -2.35. The van der Waals surface area contributed by atoms with E-state index in [1.807, 2.05) is 36.1 Å². The van der Waals surface area contributed by atoms with Crippen LogP contribution in [0.3, 0.4) is 0 Å². The van der Waals surface area contributed by atoms with Crippen LogP contribution in [0.1, 0.15) is 16.7 Å². The summed E-state index contributed by atoms with van der Waals surface area (Å²) in [7, 11) is 1.60. The maximum atomic E-state index is 13.5. The number of benzene rings is 2. The van der Waals surface area contributed by atoms with E-state index in [4.69, 9.17) is 4.74 Å². The Kier molecular flexibility index (Phi) is 5.89. The van der Waals surface area contributed by atoms with Gasteiger partial charge in [-0.2, -0.15) is 0 Å². The molecule has 1 aliphatic rings. The second kappa shape index (κ2) is 8.32. The van der Waals surface area contributed by atoms with Crippen LogP contribution in [0.2, 0.25) is 0 Å². The highest BCUT2D eigenvalue weighted by Gasteiger charge is 2.22. The molecule has 1 saturated heterocycles. The molecule has 0 atom stereocenters. The number of hydrogen-bond acceptors (Lipinski definition) is 3. The molecule has 1 aliphatic heterocycles. The molecule has 0 unspecified atom stereocenters. The van der Waals surface area contributed by atoms with Gasteiger partial charge in [-0.05, 0) is 36.2 Å². The Balaban J connectivity index is 1.55. The highest BCUT2D eigenvalue weighted by Crippen LogP contribution is 2.22. The average Bonchev–Trinajstić information content (AvgIpc) is 2.64. The second-order valence-corrected chi connectivity index (χ2v) is 6.72. The van der Waals surface area contributed by atoms with Crippen molar-refractivity contribution in [3.8, 4) is 5.75 Å². The van der Waals surface area contributed by atoms with E-state index in [2.05, 4.69) is 4.90 Å². The van der Waals surface area contributed by atoms with Gasteiger partial charge in [-0.25, -0.2) is 4.39 Å². The van der Waals surface area contributed by atoms with Gasteiger partial charge in [0.2, 0.25) is 5.91 Å². The summed E-state index contributed by atoms with van der Waals surface area (Å²) in [5, 5.41) is 0. The number of carbonyl (C=O) groups is 1. The van der Waals surface area contributed by atoms with Crippen LogP contribution in [0, 0.1) is 12.7 Å². The Hall–Kier alpha value is -2.40. The third kappa shape index (κ3) is 4.41. The SMILES string of the molecule is COc1ccc(F)cc1CN1CCN(C(=O)Cc2ccccc2C)CC1. The summed E-state index contributed by atoms with van der Waals surface area (Å²) in [4.78, 5) is 16.7. The van der Waals surface area contributed by atoms with Gasteiger partial charge in [0.25, 0.3) is 0 Å². The van der Waals surface area contributed by atoms with E-state index in [-0.39, 0.29) is 11.7 Å². The predicted octanol–water partition coefficient (Wildman–Crippen LogP) is 3.03. The molecule has 2 aromatic carbocycles. The smallest absolute Gasteiger partial charge is 0.227 e. The molecule has 0 bridgehead atoms. The summed E-state index contributed by atoms with van der Waals surface area (Å²) >= 11 is 0. The number of nitrogens with zero attached hydrogens (tertiary/aromatic N) is 2. The Morgan fingerprint density at radius 1 is 1.08 bits per heavy atom. The Morgan fingerprint density at radius 3 is 2.50 bits per heavy atom. The summed E-state index contributed by atoms with van der Waals surface area (Å²) in [5.74, 6) is 0.611. The molecule has 26 heavy (non-hydrogen) atoms. The fourth-order valence-corrected chi connectivity index (χ4v) is 3.35. The van der Waals surface area contributed by atoms with Gasteiger partial charge in [0.1, 0.15) is 11.6 Å². The normalized spacial score (nSPS) is 15.1. The highest BCUT2D eigenvalue weighted by molar-refractivity contribution is 5.79. The molecule has 5 heteroatoms. The average molecular weight is 356 g/mol. The van der Waals surface area contributed by atoms with E-state index >= 15 is 0 Å². The molecule has 138 valence electrons. The summed E-state index contributed by atoms with van der Waals surface area (Å²) < 4.78 is 18.8. The second-order valence-electron chi connectivity index (χ2n) is 6.72. The first-order chi connectivity index (χ1) is 12.6. The number of halogens is 1. The minimum Gasteiger partial charge on any atom is -0.496 e. The van der Waals surface area contributed by atoms with Gasteiger partial charge in [-0.1, -0.05) is 24.3 Å². The number of amides is 1. The molecule has 2 aromatic rings. The van der Waals surface area contributed by atoms with Crippen molar-refractivity contribution < 1.29 is 13.9 Å². The number of piperazine rings is 1. The van der Waals surface area contributed by atoms with Crippen molar-refractivity contribution in [2.24, 2.45) is 0 Å². The van der Waals surface area contributed by atoms with Crippen molar-refractivity contribution in [3.05, 3.63) is 65.0 Å². The predicted molar refractivity (Wildman–Crippen MR) is 99.7 cm³/mol. The quantitative estimate of drug-likeness (QED) is 0.826. The molecule has 4 nitrogen and oxygen atoms in total. The van der Waals surface area contributed by atoms with Crippen molar-refractivity contribution in [2.45, 2.75) is 19.9 Å². The molecule has 0 radical (unpaired) electrons. The molecular weight excluding hydrogens is 331 g/mol. The lowest BCUT2D eigenvalue weighted by atomic mass is 10.1. The van der Waals surface area contributed by atoms with Crippen molar-refractivity contribution in [2.75, 3.05) is 33.3 Å². The number of rotatable bonds is 5. The lowest BCUT2D eigenvalue weighted by Crippen LogP contribution is -2.48. The number of methoxy groups -OCH3 is 1. The molecule has 1 amide bonds. The van der Waals surface area contributed by atoms with Crippen molar-refractivity contribution in [1.29, 1.82) is 0 Å². The summed E-state index contributed by atoms with van der Waals surface area (Å²) in [6.45, 7) is 5.61. The van der Waals surface area contributed by atoms with Crippen LogP contribution >= 0.6 is 0 Å². The molecule has 3 rings (SSSR count). The molecule has 0 saturated carbocycles. The monoisotopic (exact) mass is 356 g/mol. The van der Waals surface area contributed by atoms with Crippen molar-refractivity contribution in [1.82, 2.24) is 9.80 Å². The topological polar surface area (TPSA) is 32.8 Å². The first-order valence-corrected chi connectivity index (χ1v) is 8.94. The summed E-state index contributed by atoms with van der Waals surface area (Å²) in [6, 6.07) is 12.6. The third-order valence-corrected chi connectivity index (χ3v) is 4.96. The zero-order valence-corrected chi connectivity index (χ0v) is 15.4. The van der Waals surface area contributed by atoms with Crippen LogP contribution in [-0.2, 0) is 17.8 Å². The van der Waals surface area contributed by atoms with E-state index in [0.717, 1.165) is 29.8 Å². The fourth-order valence-electron chi connectivity index (χ4n) is 3.35. The molecule has 0 N–H and O–H groups in total. The molecular formula is C21H25FN2O2. The maximum absolute atomic E-state index is 13.5. The minimum absolute atomic E-state index is 0.169. The van der Waals surface area contributed by atoms with E-state index in [1.165, 1.54) is 12.1 Å². The van der Waals surface area contributed by atoms with Gasteiger partial charge in [-0.3, -0.25) is 9.69 Å². The summed E-state index contributed by atoms with van der Waals surface area (Å²) in [5.41, 5.74) is 3.08. The van der Waals surface area contributed by atoms with Crippen molar-refractivity contribution >= 4 is 5.91 Å². The van der Waals surface area contributed by atoms with Gasteiger partial charge < -0.3 is 9.64 Å². The van der Waals surface area contributed by atoms with Crippen LogP contribution in [0.4, 0.5) is 4.39 Å². The number of aryl methyl sites for hydroxylation is 1. The number of hydrogen-bond donors (Lipinski definition) is 0. The zero-order valence-electron chi connectivity index (χ0n) is 15.4. The van der Waals surface area contributed by atoms with Crippen LogP contribution in [-0.4, -0.2) is 49.0 Å². The van der Waals surface area contributed by atoms with E-state index < -0.39 is 0 Å². The lowest BCUT2D eigenvalue weighted by molar-refractivity contribution is -0.132. The highest BCUT2D eigenvalue weighted by atomic mass is 19.1. The van der Waals surface area contributed by atoms with Gasteiger partial charge in [-0.15, -0.1) is 0 Å². The molecule has 1 heterocycles. The number of carbonyl (C=O) groups excluding carboxylic acids is 1. The zero-order chi connectivity index (χ0) is 18.5. The largest absolute Gasteiger partial charge is 0.496 e. The van der Waals surface area contributed by atoms with Crippen LogP contribution < -0.4 is 4.74 Å². The maximum Gasteiger partial charge on any atom is 0.227 e. The molecule has 1 fully saturated rings. The molecule has 0 aliphatic carbocycles. The fraction of sp³-hybridized carbons (Fsp3) is 0.381. The Labute approximate surface area is 154 Å². The Bertz CT molecular complexity index is 770. The van der Waals surface area contributed by atoms with Gasteiger partial charge in [0, 0.05) is 38.3 Å². The van der Waals surface area contributed by atoms with Crippen LogP contribution in [0.15, 0.2) is 42.5 Å². The third-order valence-electron chi connectivity index (χ3n) is 4.96. The standard InChI is InChI=1S/C21H25FN2O2/c1-16-5-3-4-6-17(16)14-21(25)24-11-9-23(10-12-24)15-18-13-19(22)7-8-20(18)26-2/h3-8,13H,9-12,14-15H2,1-2H3. The van der Waals surface area contributed by atoms with Crippen LogP contribution in [0.5, 0.6) is 5.75 Å². The van der Waals surface area contributed by atoms with E-state index in [9.17, 15) is 9.18 Å². The van der Waals surface area contributed by atoms with Crippen molar-refractivity contribution in [3.63, 3.8) is 0 Å². The molecule has 0 spiro atoms. The molecule has 0 aromatic heterocycles. The minimum atomic E-state index is -0.257. The van der Waals surface area contributed by atoms with Gasteiger partial charge in [0.05, 0.1) is 13.5 Å². The van der Waals surface area contributed by atoms with E-state index in [1.54, 1.807) is 13.2 Å². The first-order valence-electron chi connectivity index (χ1n) is 8.94. The van der Waals surface area contributed by atoms with Gasteiger partial charge in [0.15, 0.2) is 0 Å².